The molecule has 1 N–H and O–H groups in total. The predicted molar refractivity (Wildman–Crippen MR) is 122 cm³/mol. The van der Waals surface area contributed by atoms with E-state index in [-0.39, 0.29) is 11.2 Å². The van der Waals surface area contributed by atoms with Gasteiger partial charge in [-0.1, -0.05) is 49.2 Å². The maximum Gasteiger partial charge on any atom is 0.233 e. The lowest BCUT2D eigenvalue weighted by Crippen LogP contribution is -2.44. The maximum atomic E-state index is 12.9. The van der Waals surface area contributed by atoms with Crippen LogP contribution in [0.2, 0.25) is 0 Å². The zero-order chi connectivity index (χ0) is 21.1. The van der Waals surface area contributed by atoms with Crippen LogP contribution in [-0.2, 0) is 4.79 Å². The van der Waals surface area contributed by atoms with Crippen LogP contribution in [0.3, 0.4) is 0 Å². The Kier molecular flexibility index (Phi) is 6.66. The van der Waals surface area contributed by atoms with Gasteiger partial charge in [0.2, 0.25) is 11.9 Å². The van der Waals surface area contributed by atoms with Crippen LogP contribution in [0.4, 0.5) is 5.95 Å². The number of hydrogen-bond acceptors (Lipinski definition) is 5. The number of hydrogen-bond donors (Lipinski definition) is 1. The summed E-state index contributed by atoms with van der Waals surface area (Å²) in [5, 5.41) is 12.9. The number of nitrogens with zero attached hydrogens (tertiary/aromatic N) is 4. The van der Waals surface area contributed by atoms with Gasteiger partial charge in [-0.05, 0) is 57.6 Å². The lowest BCUT2D eigenvalue weighted by atomic mass is 9.86. The van der Waals surface area contributed by atoms with Gasteiger partial charge < -0.3 is 10.2 Å². The summed E-state index contributed by atoms with van der Waals surface area (Å²) >= 11 is 1.50. The van der Waals surface area contributed by atoms with Crippen molar-refractivity contribution in [2.45, 2.75) is 75.7 Å². The Morgan fingerprint density at radius 2 is 1.80 bits per heavy atom. The minimum absolute atomic E-state index is 0.0972. The first kappa shape index (κ1) is 21.2. The molecule has 3 atom stereocenters. The normalized spacial score (nSPS) is 22.8. The van der Waals surface area contributed by atoms with Crippen LogP contribution >= 0.6 is 11.8 Å². The Hall–Kier alpha value is -2.02. The second-order valence-corrected chi connectivity index (χ2v) is 10.1. The average molecular weight is 428 g/mol. The first-order valence-corrected chi connectivity index (χ1v) is 12.2. The highest BCUT2D eigenvalue weighted by molar-refractivity contribution is 8.00. The highest BCUT2D eigenvalue weighted by Crippen LogP contribution is 2.31. The molecule has 0 bridgehead atoms. The minimum Gasteiger partial charge on any atom is -0.352 e. The van der Waals surface area contributed by atoms with E-state index in [2.05, 4.69) is 63.1 Å². The number of nitrogens with one attached hydrogen (secondary N) is 1. The zero-order valence-electron chi connectivity index (χ0n) is 18.3. The van der Waals surface area contributed by atoms with Gasteiger partial charge in [-0.3, -0.25) is 9.36 Å². The zero-order valence-corrected chi connectivity index (χ0v) is 19.1. The van der Waals surface area contributed by atoms with Gasteiger partial charge in [0.25, 0.3) is 0 Å². The Bertz CT molecular complexity index is 859. The van der Waals surface area contributed by atoms with E-state index in [4.69, 9.17) is 0 Å². The average Bonchev–Trinajstić information content (AvgIpc) is 3.40. The van der Waals surface area contributed by atoms with E-state index in [0.29, 0.717) is 12.0 Å². The third-order valence-electron chi connectivity index (χ3n) is 6.39. The Morgan fingerprint density at radius 3 is 2.50 bits per heavy atom. The lowest BCUT2D eigenvalue weighted by Gasteiger charge is -2.30. The van der Waals surface area contributed by atoms with E-state index >= 15 is 0 Å². The molecule has 162 valence electrons. The van der Waals surface area contributed by atoms with Crippen LogP contribution in [0, 0.1) is 12.8 Å². The molecule has 1 saturated carbocycles. The van der Waals surface area contributed by atoms with Gasteiger partial charge in [-0.25, -0.2) is 0 Å². The van der Waals surface area contributed by atoms with Gasteiger partial charge in [0.15, 0.2) is 5.16 Å². The van der Waals surface area contributed by atoms with E-state index < -0.39 is 0 Å². The highest BCUT2D eigenvalue weighted by Gasteiger charge is 2.28. The number of aromatic nitrogens is 3. The van der Waals surface area contributed by atoms with Gasteiger partial charge in [-0.2, -0.15) is 0 Å². The molecule has 30 heavy (non-hydrogen) atoms. The summed E-state index contributed by atoms with van der Waals surface area (Å²) in [6.45, 7) is 8.32. The number of carbonyl (C=O) groups is 1. The van der Waals surface area contributed by atoms with Gasteiger partial charge in [-0.15, -0.1) is 10.2 Å². The standard InChI is InChI=1S/C23H33N5OS/c1-16-10-12-19(13-11-16)28-22(27-14-6-7-15-27)25-26-23(28)30-18(3)21(29)24-20-9-5-4-8-17(20)2/h10-13,17-18,20H,4-9,14-15H2,1-3H3,(H,24,29). The van der Waals surface area contributed by atoms with Crippen molar-refractivity contribution in [1.82, 2.24) is 20.1 Å². The first-order valence-electron chi connectivity index (χ1n) is 11.3. The van der Waals surface area contributed by atoms with E-state index in [1.54, 1.807) is 0 Å². The highest BCUT2D eigenvalue weighted by atomic mass is 32.2. The van der Waals surface area contributed by atoms with E-state index in [0.717, 1.165) is 36.3 Å². The van der Waals surface area contributed by atoms with Crippen LogP contribution in [0.25, 0.3) is 5.69 Å². The first-order chi connectivity index (χ1) is 14.5. The molecule has 2 aliphatic rings. The van der Waals surface area contributed by atoms with Crippen LogP contribution in [-0.4, -0.2) is 45.1 Å². The molecule has 2 heterocycles. The fourth-order valence-corrected chi connectivity index (χ4v) is 5.29. The van der Waals surface area contributed by atoms with Crippen molar-refractivity contribution in [3.05, 3.63) is 29.8 Å². The Labute approximate surface area is 183 Å². The minimum atomic E-state index is -0.223. The Balaban J connectivity index is 1.54. The van der Waals surface area contributed by atoms with E-state index in [9.17, 15) is 4.79 Å². The SMILES string of the molecule is Cc1ccc(-n2c(SC(C)C(=O)NC3CCCCC3C)nnc2N2CCCC2)cc1. The molecule has 2 aromatic rings. The molecular weight excluding hydrogens is 394 g/mol. The molecule has 0 spiro atoms. The summed E-state index contributed by atoms with van der Waals surface area (Å²) in [5.41, 5.74) is 2.27. The number of aryl methyl sites for hydroxylation is 1. The molecule has 3 unspecified atom stereocenters. The van der Waals surface area contributed by atoms with Crippen LogP contribution in [0.15, 0.2) is 29.4 Å². The smallest absolute Gasteiger partial charge is 0.233 e. The van der Waals surface area contributed by atoms with Crippen LogP contribution in [0.5, 0.6) is 0 Å². The van der Waals surface area contributed by atoms with E-state index in [1.807, 2.05) is 6.92 Å². The number of thioether (sulfide) groups is 1. The predicted octanol–water partition coefficient (Wildman–Crippen LogP) is 4.35. The summed E-state index contributed by atoms with van der Waals surface area (Å²) in [4.78, 5) is 15.2. The number of anilines is 1. The monoisotopic (exact) mass is 427 g/mol. The number of amides is 1. The summed E-state index contributed by atoms with van der Waals surface area (Å²) in [6, 6.07) is 8.73. The summed E-state index contributed by atoms with van der Waals surface area (Å²) < 4.78 is 2.11. The van der Waals surface area contributed by atoms with Crippen molar-refractivity contribution in [3.63, 3.8) is 0 Å². The molecule has 1 saturated heterocycles. The maximum absolute atomic E-state index is 12.9. The molecule has 1 aliphatic carbocycles. The molecule has 2 fully saturated rings. The second-order valence-electron chi connectivity index (χ2n) is 8.78. The molecular formula is C23H33N5OS. The molecule has 0 radical (unpaired) electrons. The van der Waals surface area contributed by atoms with Crippen LogP contribution < -0.4 is 10.2 Å². The van der Waals surface area contributed by atoms with Crippen molar-refractivity contribution in [1.29, 1.82) is 0 Å². The summed E-state index contributed by atoms with van der Waals surface area (Å²) in [6.07, 6.45) is 7.13. The number of benzene rings is 1. The second kappa shape index (κ2) is 9.41. The quantitative estimate of drug-likeness (QED) is 0.695. The molecule has 1 aromatic heterocycles. The number of rotatable bonds is 6. The number of carbonyl (C=O) groups excluding carboxylic acids is 1. The van der Waals surface area contributed by atoms with Crippen molar-refractivity contribution < 1.29 is 4.79 Å². The van der Waals surface area contributed by atoms with E-state index in [1.165, 1.54) is 49.4 Å². The molecule has 7 heteroatoms. The van der Waals surface area contributed by atoms with Gasteiger partial charge in [0, 0.05) is 19.1 Å². The molecule has 1 aliphatic heterocycles. The molecule has 6 nitrogen and oxygen atoms in total. The van der Waals surface area contributed by atoms with Gasteiger partial charge >= 0.3 is 0 Å². The lowest BCUT2D eigenvalue weighted by molar-refractivity contribution is -0.121. The van der Waals surface area contributed by atoms with Crippen molar-refractivity contribution in [2.24, 2.45) is 5.92 Å². The van der Waals surface area contributed by atoms with Crippen molar-refractivity contribution in [3.8, 4) is 5.69 Å². The Morgan fingerprint density at radius 1 is 1.10 bits per heavy atom. The third kappa shape index (κ3) is 4.66. The molecule has 4 rings (SSSR count). The fraction of sp³-hybridized carbons (Fsp3) is 0.609. The third-order valence-corrected chi connectivity index (χ3v) is 7.43. The van der Waals surface area contributed by atoms with Gasteiger partial charge in [0.05, 0.1) is 10.9 Å². The van der Waals surface area contributed by atoms with Gasteiger partial charge in [0.1, 0.15) is 0 Å². The molecule has 1 amide bonds. The molecule has 1 aromatic carbocycles. The fourth-order valence-electron chi connectivity index (χ4n) is 4.42. The van der Waals surface area contributed by atoms with Crippen LogP contribution in [0.1, 0.15) is 57.9 Å². The summed E-state index contributed by atoms with van der Waals surface area (Å²) in [5.74, 6) is 1.53. The topological polar surface area (TPSA) is 63.1 Å². The van der Waals surface area contributed by atoms with Crippen molar-refractivity contribution >= 4 is 23.6 Å². The largest absolute Gasteiger partial charge is 0.352 e. The summed E-state index contributed by atoms with van der Waals surface area (Å²) in [7, 11) is 0. The van der Waals surface area contributed by atoms with Crippen molar-refractivity contribution in [2.75, 3.05) is 18.0 Å².